The molecule has 7 nitrogen and oxygen atoms in total. The third kappa shape index (κ3) is 5.17. The van der Waals surface area contributed by atoms with E-state index in [1.54, 1.807) is 42.5 Å². The van der Waals surface area contributed by atoms with Gasteiger partial charge in [-0.2, -0.15) is 4.31 Å². The van der Waals surface area contributed by atoms with E-state index < -0.39 is 22.5 Å². The fourth-order valence-corrected chi connectivity index (χ4v) is 4.20. The van der Waals surface area contributed by atoms with Crippen LogP contribution in [0.5, 0.6) is 0 Å². The minimum absolute atomic E-state index is 0.103. The molecule has 2 N–H and O–H groups in total. The summed E-state index contributed by atoms with van der Waals surface area (Å²) in [5, 5.41) is 6.99. The van der Waals surface area contributed by atoms with Crippen molar-refractivity contribution in [1.29, 1.82) is 0 Å². The van der Waals surface area contributed by atoms with Crippen molar-refractivity contribution in [2.45, 2.75) is 4.90 Å². The molecule has 3 aromatic rings. The highest BCUT2D eigenvalue weighted by atomic mass is 32.2. The lowest BCUT2D eigenvalue weighted by Gasteiger charge is -2.18. The molecule has 0 aliphatic rings. The molecule has 0 atom stereocenters. The Balaban J connectivity index is 1.74. The Labute approximate surface area is 181 Å². The summed E-state index contributed by atoms with van der Waals surface area (Å²) in [6.45, 7) is 3.43. The number of anilines is 1. The fourth-order valence-electron chi connectivity index (χ4n) is 3.03. The van der Waals surface area contributed by atoms with Gasteiger partial charge in [0, 0.05) is 13.6 Å². The minimum Gasteiger partial charge on any atom is -0.349 e. The van der Waals surface area contributed by atoms with Gasteiger partial charge < -0.3 is 10.6 Å². The van der Waals surface area contributed by atoms with Crippen LogP contribution in [0.2, 0.25) is 0 Å². The van der Waals surface area contributed by atoms with E-state index in [1.807, 2.05) is 24.3 Å². The van der Waals surface area contributed by atoms with Crippen LogP contribution >= 0.6 is 0 Å². The van der Waals surface area contributed by atoms with Crippen LogP contribution in [-0.4, -0.2) is 44.7 Å². The lowest BCUT2D eigenvalue weighted by molar-refractivity contribution is -0.116. The van der Waals surface area contributed by atoms with Gasteiger partial charge in [0.05, 0.1) is 22.7 Å². The molecule has 0 aromatic heterocycles. The number of sulfonamides is 1. The van der Waals surface area contributed by atoms with E-state index in [-0.39, 0.29) is 22.9 Å². The molecule has 0 fully saturated rings. The first-order valence-corrected chi connectivity index (χ1v) is 11.0. The Hall–Kier alpha value is -3.49. The molecule has 3 rings (SSSR count). The molecular formula is C23H23N3O4S. The largest absolute Gasteiger partial charge is 0.349 e. The number of benzene rings is 3. The molecule has 0 heterocycles. The number of nitrogens with zero attached hydrogens (tertiary/aromatic N) is 1. The van der Waals surface area contributed by atoms with Gasteiger partial charge in [0.1, 0.15) is 0 Å². The minimum atomic E-state index is -3.87. The molecule has 0 radical (unpaired) electrons. The summed E-state index contributed by atoms with van der Waals surface area (Å²) in [4.78, 5) is 24.9. The standard InChI is InChI=1S/C23H23N3O4S/c1-3-14-24-23(28)20-10-6-7-11-21(20)25-22(27)16-26(2)31(29,30)19-13-12-17-8-4-5-9-18(17)15-19/h3-13,15H,1,14,16H2,2H3,(H,24,28)(H,25,27). The maximum atomic E-state index is 12.9. The highest BCUT2D eigenvalue weighted by molar-refractivity contribution is 7.89. The number of rotatable bonds is 8. The SMILES string of the molecule is C=CCNC(=O)c1ccccc1NC(=O)CN(C)S(=O)(=O)c1ccc2ccccc2c1. The van der Waals surface area contributed by atoms with Crippen LogP contribution < -0.4 is 10.6 Å². The van der Waals surface area contributed by atoms with E-state index in [0.717, 1.165) is 15.1 Å². The second-order valence-corrected chi connectivity index (χ2v) is 8.91. The summed E-state index contributed by atoms with van der Waals surface area (Å²) >= 11 is 0. The topological polar surface area (TPSA) is 95.6 Å². The van der Waals surface area contributed by atoms with Gasteiger partial charge in [-0.05, 0) is 35.0 Å². The molecule has 31 heavy (non-hydrogen) atoms. The average molecular weight is 438 g/mol. The summed E-state index contributed by atoms with van der Waals surface area (Å²) in [6.07, 6.45) is 1.55. The van der Waals surface area contributed by atoms with Gasteiger partial charge in [-0.3, -0.25) is 9.59 Å². The van der Waals surface area contributed by atoms with Crippen LogP contribution in [0.15, 0.2) is 84.3 Å². The number of para-hydroxylation sites is 1. The lowest BCUT2D eigenvalue weighted by Crippen LogP contribution is -2.35. The summed E-state index contributed by atoms with van der Waals surface area (Å²) in [5.41, 5.74) is 0.573. The highest BCUT2D eigenvalue weighted by Crippen LogP contribution is 2.21. The molecule has 160 valence electrons. The van der Waals surface area contributed by atoms with Crippen LogP contribution in [-0.2, 0) is 14.8 Å². The van der Waals surface area contributed by atoms with Crippen molar-refractivity contribution < 1.29 is 18.0 Å². The predicted octanol–water partition coefficient (Wildman–Crippen LogP) is 3.01. The van der Waals surface area contributed by atoms with Crippen LogP contribution in [0.1, 0.15) is 10.4 Å². The summed E-state index contributed by atoms with van der Waals surface area (Å²) in [6, 6.07) is 18.8. The van der Waals surface area contributed by atoms with E-state index in [4.69, 9.17) is 0 Å². The lowest BCUT2D eigenvalue weighted by atomic mass is 10.1. The Morgan fingerprint density at radius 3 is 2.42 bits per heavy atom. The van der Waals surface area contributed by atoms with Crippen LogP contribution in [0.25, 0.3) is 10.8 Å². The first kappa shape index (κ1) is 22.2. The summed E-state index contributed by atoms with van der Waals surface area (Å²) in [5.74, 6) is -0.927. The van der Waals surface area contributed by atoms with Crippen molar-refractivity contribution in [1.82, 2.24) is 9.62 Å². The number of hydrogen-bond donors (Lipinski definition) is 2. The van der Waals surface area contributed by atoms with Crippen LogP contribution in [0.4, 0.5) is 5.69 Å². The smallest absolute Gasteiger partial charge is 0.253 e. The molecule has 0 aliphatic carbocycles. The van der Waals surface area contributed by atoms with E-state index in [1.165, 1.54) is 13.1 Å². The van der Waals surface area contributed by atoms with Gasteiger partial charge in [-0.1, -0.05) is 48.5 Å². The number of carbonyl (C=O) groups is 2. The maximum absolute atomic E-state index is 12.9. The van der Waals surface area contributed by atoms with Crippen molar-refractivity contribution in [2.24, 2.45) is 0 Å². The summed E-state index contributed by atoms with van der Waals surface area (Å²) < 4.78 is 26.8. The Kier molecular flexibility index (Phi) is 6.84. The van der Waals surface area contributed by atoms with Gasteiger partial charge in [0.2, 0.25) is 15.9 Å². The van der Waals surface area contributed by atoms with Crippen molar-refractivity contribution in [3.63, 3.8) is 0 Å². The second-order valence-electron chi connectivity index (χ2n) is 6.86. The Bertz CT molecular complexity index is 1240. The van der Waals surface area contributed by atoms with Gasteiger partial charge in [0.25, 0.3) is 5.91 Å². The number of amides is 2. The summed E-state index contributed by atoms with van der Waals surface area (Å²) in [7, 11) is -2.53. The molecule has 0 unspecified atom stereocenters. The maximum Gasteiger partial charge on any atom is 0.253 e. The molecule has 0 saturated carbocycles. The highest BCUT2D eigenvalue weighted by Gasteiger charge is 2.24. The third-order valence-electron chi connectivity index (χ3n) is 4.65. The fraction of sp³-hybridized carbons (Fsp3) is 0.130. The number of carbonyl (C=O) groups excluding carboxylic acids is 2. The van der Waals surface area contributed by atoms with Gasteiger partial charge in [-0.15, -0.1) is 6.58 Å². The first-order chi connectivity index (χ1) is 14.8. The molecule has 2 amide bonds. The van der Waals surface area contributed by atoms with Crippen molar-refractivity contribution in [3.8, 4) is 0 Å². The Morgan fingerprint density at radius 2 is 1.68 bits per heavy atom. The quantitative estimate of drug-likeness (QED) is 0.530. The zero-order chi connectivity index (χ0) is 22.4. The molecule has 0 spiro atoms. The molecule has 0 bridgehead atoms. The number of nitrogens with one attached hydrogen (secondary N) is 2. The first-order valence-electron chi connectivity index (χ1n) is 9.56. The van der Waals surface area contributed by atoms with Crippen molar-refractivity contribution in [2.75, 3.05) is 25.5 Å². The van der Waals surface area contributed by atoms with E-state index >= 15 is 0 Å². The van der Waals surface area contributed by atoms with E-state index in [0.29, 0.717) is 5.69 Å². The van der Waals surface area contributed by atoms with Gasteiger partial charge in [0.15, 0.2) is 0 Å². The molecule has 0 saturated heterocycles. The zero-order valence-electron chi connectivity index (χ0n) is 17.0. The van der Waals surface area contributed by atoms with Crippen LogP contribution in [0, 0.1) is 0 Å². The molecular weight excluding hydrogens is 414 g/mol. The Morgan fingerprint density at radius 1 is 1.00 bits per heavy atom. The van der Waals surface area contributed by atoms with E-state index in [2.05, 4.69) is 17.2 Å². The number of hydrogen-bond acceptors (Lipinski definition) is 4. The van der Waals surface area contributed by atoms with Crippen LogP contribution in [0.3, 0.4) is 0 Å². The number of fused-ring (bicyclic) bond motifs is 1. The van der Waals surface area contributed by atoms with Crippen molar-refractivity contribution in [3.05, 3.63) is 84.9 Å². The van der Waals surface area contributed by atoms with Gasteiger partial charge >= 0.3 is 0 Å². The third-order valence-corrected chi connectivity index (χ3v) is 6.45. The molecule has 8 heteroatoms. The van der Waals surface area contributed by atoms with Gasteiger partial charge in [-0.25, -0.2) is 8.42 Å². The molecule has 3 aromatic carbocycles. The van der Waals surface area contributed by atoms with E-state index in [9.17, 15) is 18.0 Å². The average Bonchev–Trinajstić information content (AvgIpc) is 2.77. The molecule has 0 aliphatic heterocycles. The second kappa shape index (κ2) is 9.55. The normalized spacial score (nSPS) is 11.3. The monoisotopic (exact) mass is 437 g/mol. The number of likely N-dealkylation sites (N-methyl/N-ethyl adjacent to an activating group) is 1. The van der Waals surface area contributed by atoms with Crippen molar-refractivity contribution >= 4 is 38.3 Å². The zero-order valence-corrected chi connectivity index (χ0v) is 17.9. The predicted molar refractivity (Wildman–Crippen MR) is 121 cm³/mol.